The Balaban J connectivity index is 2.41. The number of aliphatic hydroxyl groups is 1. The quantitative estimate of drug-likeness (QED) is 0.750. The van der Waals surface area contributed by atoms with Crippen LogP contribution in [0, 0.1) is 6.92 Å². The first-order valence-electron chi connectivity index (χ1n) is 7.71. The fraction of sp³-hybridized carbons (Fsp3) is 0.250. The Morgan fingerprint density at radius 1 is 1.00 bits per heavy atom. The van der Waals surface area contributed by atoms with Crippen LogP contribution in [0.2, 0.25) is 0 Å². The number of aryl methyl sites for hydroxylation is 1. The Hall–Kier alpha value is -2.19. The summed E-state index contributed by atoms with van der Waals surface area (Å²) in [5, 5.41) is 11.1. The highest BCUT2D eigenvalue weighted by Gasteiger charge is 2.17. The summed E-state index contributed by atoms with van der Waals surface area (Å²) < 4.78 is 0. The molecule has 0 fully saturated rings. The molecule has 0 saturated carbocycles. The first-order chi connectivity index (χ1) is 10.6. The van der Waals surface area contributed by atoms with Gasteiger partial charge in [0.05, 0.1) is 12.1 Å². The van der Waals surface area contributed by atoms with E-state index in [-0.39, 0.29) is 12.5 Å². The Morgan fingerprint density at radius 2 is 1.68 bits per heavy atom. The van der Waals surface area contributed by atoms with E-state index < -0.39 is 0 Å². The molecule has 0 aliphatic rings. The molecule has 2 aromatic carbocycles. The van der Waals surface area contributed by atoms with E-state index in [2.05, 4.69) is 51.1 Å². The Labute approximate surface area is 131 Å². The van der Waals surface area contributed by atoms with E-state index in [4.69, 9.17) is 4.98 Å². The summed E-state index contributed by atoms with van der Waals surface area (Å²) in [7, 11) is 0. The van der Waals surface area contributed by atoms with E-state index in [0.717, 1.165) is 33.3 Å². The predicted octanol–water partition coefficient (Wildman–Crippen LogP) is 4.83. The molecule has 3 rings (SSSR count). The first kappa shape index (κ1) is 14.7. The molecule has 112 valence electrons. The van der Waals surface area contributed by atoms with Crippen molar-refractivity contribution in [1.82, 2.24) is 4.98 Å². The van der Waals surface area contributed by atoms with Crippen LogP contribution in [0.25, 0.3) is 22.0 Å². The fourth-order valence-electron chi connectivity index (χ4n) is 2.96. The summed E-state index contributed by atoms with van der Waals surface area (Å²) >= 11 is 0. The molecule has 1 heterocycles. The van der Waals surface area contributed by atoms with Gasteiger partial charge in [0.1, 0.15) is 0 Å². The van der Waals surface area contributed by atoms with Gasteiger partial charge in [-0.15, -0.1) is 0 Å². The predicted molar refractivity (Wildman–Crippen MR) is 91.9 cm³/mol. The zero-order valence-corrected chi connectivity index (χ0v) is 13.3. The molecular weight excluding hydrogens is 270 g/mol. The van der Waals surface area contributed by atoms with Gasteiger partial charge in [0.2, 0.25) is 0 Å². The minimum Gasteiger partial charge on any atom is -0.392 e. The number of para-hydroxylation sites is 1. The van der Waals surface area contributed by atoms with Gasteiger partial charge in [-0.05, 0) is 30.0 Å². The molecule has 0 aliphatic carbocycles. The lowest BCUT2D eigenvalue weighted by molar-refractivity contribution is 0.280. The van der Waals surface area contributed by atoms with Crippen molar-refractivity contribution in [3.63, 3.8) is 0 Å². The van der Waals surface area contributed by atoms with Crippen molar-refractivity contribution in [3.05, 3.63) is 65.4 Å². The second kappa shape index (κ2) is 5.90. The van der Waals surface area contributed by atoms with Gasteiger partial charge in [-0.2, -0.15) is 0 Å². The van der Waals surface area contributed by atoms with E-state index in [1.807, 2.05) is 18.2 Å². The van der Waals surface area contributed by atoms with Crippen molar-refractivity contribution >= 4 is 10.9 Å². The van der Waals surface area contributed by atoms with Crippen LogP contribution in [0.4, 0.5) is 0 Å². The smallest absolute Gasteiger partial charge is 0.0711 e. The highest BCUT2D eigenvalue weighted by molar-refractivity contribution is 5.96. The molecular formula is C20H21NO. The van der Waals surface area contributed by atoms with Crippen LogP contribution in [0.3, 0.4) is 0 Å². The fourth-order valence-corrected chi connectivity index (χ4v) is 2.96. The zero-order valence-electron chi connectivity index (χ0n) is 13.3. The molecule has 0 spiro atoms. The number of aliphatic hydroxyl groups excluding tert-OH is 1. The monoisotopic (exact) mass is 291 g/mol. The maximum absolute atomic E-state index is 9.98. The second-order valence-electron chi connectivity index (χ2n) is 6.05. The summed E-state index contributed by atoms with van der Waals surface area (Å²) in [5.74, 6) is 0.274. The number of hydrogen-bond donors (Lipinski definition) is 1. The van der Waals surface area contributed by atoms with Crippen molar-refractivity contribution in [3.8, 4) is 11.1 Å². The number of aromatic nitrogens is 1. The summed E-state index contributed by atoms with van der Waals surface area (Å²) in [5.41, 5.74) is 6.39. The maximum atomic E-state index is 9.98. The standard InChI is InChI=1S/C20H21NO/c1-13(2)20-17(12-22)19(15-10-8-14(3)9-11-15)16-6-4-5-7-18(16)21-20/h4-11,13,22H,12H2,1-3H3. The van der Waals surface area contributed by atoms with Crippen LogP contribution in [0.15, 0.2) is 48.5 Å². The van der Waals surface area contributed by atoms with Crippen molar-refractivity contribution in [2.75, 3.05) is 0 Å². The van der Waals surface area contributed by atoms with E-state index in [9.17, 15) is 5.11 Å². The molecule has 0 saturated heterocycles. The highest BCUT2D eigenvalue weighted by Crippen LogP contribution is 2.35. The minimum absolute atomic E-state index is 0.00849. The lowest BCUT2D eigenvalue weighted by atomic mass is 9.91. The van der Waals surface area contributed by atoms with Crippen molar-refractivity contribution in [2.45, 2.75) is 33.3 Å². The average Bonchev–Trinajstić information content (AvgIpc) is 2.53. The minimum atomic E-state index is 0.00849. The van der Waals surface area contributed by atoms with Crippen molar-refractivity contribution in [1.29, 1.82) is 0 Å². The summed E-state index contributed by atoms with van der Waals surface area (Å²) in [6.07, 6.45) is 0. The molecule has 2 nitrogen and oxygen atoms in total. The van der Waals surface area contributed by atoms with Gasteiger partial charge in [-0.25, -0.2) is 0 Å². The molecule has 0 amide bonds. The molecule has 2 heteroatoms. The Morgan fingerprint density at radius 3 is 2.32 bits per heavy atom. The maximum Gasteiger partial charge on any atom is 0.0711 e. The van der Waals surface area contributed by atoms with Crippen LogP contribution in [-0.4, -0.2) is 10.1 Å². The topological polar surface area (TPSA) is 33.1 Å². The molecule has 1 aromatic heterocycles. The summed E-state index contributed by atoms with van der Waals surface area (Å²) in [6, 6.07) is 16.6. The van der Waals surface area contributed by atoms with Crippen LogP contribution in [0.1, 0.15) is 36.6 Å². The first-order valence-corrected chi connectivity index (χ1v) is 7.71. The van der Waals surface area contributed by atoms with Gasteiger partial charge >= 0.3 is 0 Å². The van der Waals surface area contributed by atoms with E-state index >= 15 is 0 Å². The molecule has 3 aromatic rings. The molecule has 0 aliphatic heterocycles. The van der Waals surface area contributed by atoms with E-state index in [1.54, 1.807) is 0 Å². The summed E-state index contributed by atoms with van der Waals surface area (Å²) in [4.78, 5) is 4.79. The third kappa shape index (κ3) is 2.51. The normalized spacial score (nSPS) is 11.3. The second-order valence-corrected chi connectivity index (χ2v) is 6.05. The lowest BCUT2D eigenvalue weighted by Gasteiger charge is -2.18. The van der Waals surface area contributed by atoms with Gasteiger partial charge in [-0.1, -0.05) is 61.9 Å². The van der Waals surface area contributed by atoms with E-state index in [0.29, 0.717) is 0 Å². The largest absolute Gasteiger partial charge is 0.392 e. The van der Waals surface area contributed by atoms with Crippen LogP contribution in [-0.2, 0) is 6.61 Å². The van der Waals surface area contributed by atoms with Gasteiger partial charge in [0, 0.05) is 16.6 Å². The van der Waals surface area contributed by atoms with E-state index in [1.165, 1.54) is 5.56 Å². The Bertz CT molecular complexity index is 804. The third-order valence-electron chi connectivity index (χ3n) is 4.07. The van der Waals surface area contributed by atoms with Gasteiger partial charge in [-0.3, -0.25) is 4.98 Å². The summed E-state index contributed by atoms with van der Waals surface area (Å²) in [6.45, 7) is 6.33. The van der Waals surface area contributed by atoms with Crippen molar-refractivity contribution in [2.24, 2.45) is 0 Å². The highest BCUT2D eigenvalue weighted by atomic mass is 16.3. The number of nitrogens with zero attached hydrogens (tertiary/aromatic N) is 1. The Kier molecular flexibility index (Phi) is 3.95. The molecule has 0 unspecified atom stereocenters. The van der Waals surface area contributed by atoms with Gasteiger partial charge < -0.3 is 5.11 Å². The van der Waals surface area contributed by atoms with Crippen LogP contribution >= 0.6 is 0 Å². The number of hydrogen-bond acceptors (Lipinski definition) is 2. The van der Waals surface area contributed by atoms with Crippen molar-refractivity contribution < 1.29 is 5.11 Å². The molecule has 1 N–H and O–H groups in total. The van der Waals surface area contributed by atoms with Gasteiger partial charge in [0.15, 0.2) is 0 Å². The molecule has 0 radical (unpaired) electrons. The molecule has 0 atom stereocenters. The number of benzene rings is 2. The van der Waals surface area contributed by atoms with Crippen LogP contribution < -0.4 is 0 Å². The molecule has 22 heavy (non-hydrogen) atoms. The number of rotatable bonds is 3. The average molecular weight is 291 g/mol. The number of fused-ring (bicyclic) bond motifs is 1. The zero-order chi connectivity index (χ0) is 15.7. The lowest BCUT2D eigenvalue weighted by Crippen LogP contribution is -2.04. The third-order valence-corrected chi connectivity index (χ3v) is 4.07. The van der Waals surface area contributed by atoms with Gasteiger partial charge in [0.25, 0.3) is 0 Å². The molecule has 0 bridgehead atoms. The number of pyridine rings is 1. The SMILES string of the molecule is Cc1ccc(-c2c(CO)c(C(C)C)nc3ccccc23)cc1. The van der Waals surface area contributed by atoms with Crippen LogP contribution in [0.5, 0.6) is 0 Å².